The van der Waals surface area contributed by atoms with Crippen molar-refractivity contribution < 1.29 is 4.79 Å². The highest BCUT2D eigenvalue weighted by Crippen LogP contribution is 2.31. The number of thioether (sulfide) groups is 1. The molecule has 4 rings (SSSR count). The van der Waals surface area contributed by atoms with Gasteiger partial charge in [0, 0.05) is 17.1 Å². The Bertz CT molecular complexity index is 1080. The van der Waals surface area contributed by atoms with E-state index in [1.54, 1.807) is 6.08 Å². The van der Waals surface area contributed by atoms with Gasteiger partial charge in [-0.15, -0.1) is 0 Å². The molecule has 2 aromatic rings. The van der Waals surface area contributed by atoms with Crippen LogP contribution in [0.25, 0.3) is 11.8 Å². The lowest BCUT2D eigenvalue weighted by Gasteiger charge is -2.20. The number of amidine groups is 2. The van der Waals surface area contributed by atoms with Crippen LogP contribution in [0, 0.1) is 19.3 Å². The second kappa shape index (κ2) is 7.83. The largest absolute Gasteiger partial charge is 0.318 e. The summed E-state index contributed by atoms with van der Waals surface area (Å²) in [6, 6.07) is 12.1. The lowest BCUT2D eigenvalue weighted by molar-refractivity contribution is -0.114. The average molecular weight is 406 g/mol. The second-order valence-electron chi connectivity index (χ2n) is 7.11. The summed E-state index contributed by atoms with van der Waals surface area (Å²) in [5.41, 5.74) is 4.32. The minimum absolute atomic E-state index is 0.0866. The highest BCUT2D eigenvalue weighted by atomic mass is 32.2. The molecule has 0 bridgehead atoms. The SMILES string of the molecule is CCCCC1=NN2C(=N)/C(=C/c3cc(C)n(-c4ccccc4)c3C)C(=O)N=C2S1. The van der Waals surface area contributed by atoms with Crippen molar-refractivity contribution >= 4 is 39.8 Å². The molecule has 2 aliphatic heterocycles. The van der Waals surface area contributed by atoms with Crippen LogP contribution in [-0.4, -0.2) is 31.5 Å². The van der Waals surface area contributed by atoms with E-state index in [1.807, 2.05) is 38.1 Å². The number of hydrogen-bond acceptors (Lipinski definition) is 4. The molecule has 0 aliphatic carbocycles. The maximum absolute atomic E-state index is 12.7. The Morgan fingerprint density at radius 1 is 1.21 bits per heavy atom. The summed E-state index contributed by atoms with van der Waals surface area (Å²) >= 11 is 1.39. The number of carbonyl (C=O) groups is 1. The number of amides is 1. The predicted octanol–water partition coefficient (Wildman–Crippen LogP) is 4.90. The zero-order valence-corrected chi connectivity index (χ0v) is 17.6. The van der Waals surface area contributed by atoms with Crippen molar-refractivity contribution in [2.24, 2.45) is 10.1 Å². The molecule has 3 heterocycles. The molecule has 0 fully saturated rings. The maximum Gasteiger partial charge on any atom is 0.283 e. The first-order chi connectivity index (χ1) is 14.0. The van der Waals surface area contributed by atoms with Gasteiger partial charge in [0.2, 0.25) is 5.17 Å². The van der Waals surface area contributed by atoms with E-state index in [2.05, 4.69) is 33.7 Å². The number of aryl methyl sites for hydroxylation is 1. The minimum Gasteiger partial charge on any atom is -0.318 e. The number of nitrogens with one attached hydrogen (secondary N) is 1. The third-order valence-electron chi connectivity index (χ3n) is 5.03. The first-order valence-corrected chi connectivity index (χ1v) is 10.5. The molecule has 0 saturated carbocycles. The van der Waals surface area contributed by atoms with Gasteiger partial charge in [-0.3, -0.25) is 10.2 Å². The van der Waals surface area contributed by atoms with Crippen LogP contribution < -0.4 is 0 Å². The lowest BCUT2D eigenvalue weighted by Crippen LogP contribution is -2.35. The molecule has 1 aromatic carbocycles. The Morgan fingerprint density at radius 2 is 1.97 bits per heavy atom. The third kappa shape index (κ3) is 3.58. The minimum atomic E-state index is -0.384. The van der Waals surface area contributed by atoms with Crippen LogP contribution in [-0.2, 0) is 4.79 Å². The Labute approximate surface area is 174 Å². The average Bonchev–Trinajstić information content (AvgIpc) is 3.24. The molecule has 0 atom stereocenters. The summed E-state index contributed by atoms with van der Waals surface area (Å²) in [4.78, 5) is 16.8. The predicted molar refractivity (Wildman–Crippen MR) is 120 cm³/mol. The number of hydrogen-bond donors (Lipinski definition) is 1. The van der Waals surface area contributed by atoms with Gasteiger partial charge in [0.1, 0.15) is 5.04 Å². The van der Waals surface area contributed by atoms with E-state index < -0.39 is 0 Å². The number of nitrogens with zero attached hydrogens (tertiary/aromatic N) is 4. The van der Waals surface area contributed by atoms with Crippen LogP contribution in [0.1, 0.15) is 43.1 Å². The Morgan fingerprint density at radius 3 is 2.69 bits per heavy atom. The molecule has 1 aromatic heterocycles. The molecule has 0 saturated heterocycles. The summed E-state index contributed by atoms with van der Waals surface area (Å²) < 4.78 is 2.14. The smallest absolute Gasteiger partial charge is 0.283 e. The zero-order valence-electron chi connectivity index (χ0n) is 16.8. The Hall–Kier alpha value is -2.93. The molecule has 148 valence electrons. The van der Waals surface area contributed by atoms with E-state index in [9.17, 15) is 4.79 Å². The van der Waals surface area contributed by atoms with Crippen LogP contribution >= 0.6 is 11.8 Å². The first-order valence-electron chi connectivity index (χ1n) is 9.73. The first kappa shape index (κ1) is 19.4. The molecule has 1 amide bonds. The van der Waals surface area contributed by atoms with Gasteiger partial charge in [0.15, 0.2) is 5.84 Å². The number of benzene rings is 1. The standard InChI is InChI=1S/C22H23N5OS/c1-4-5-11-19-25-27-20(23)18(21(28)24-22(27)29-19)13-16-12-14(2)26(15(16)3)17-9-7-6-8-10-17/h6-10,12-13,23H,4-5,11H2,1-3H3/b18-13-,23-20?. The van der Waals surface area contributed by atoms with Gasteiger partial charge in [0.25, 0.3) is 5.91 Å². The van der Waals surface area contributed by atoms with Gasteiger partial charge in [0.05, 0.1) is 5.57 Å². The normalized spacial score (nSPS) is 17.6. The van der Waals surface area contributed by atoms with Crippen molar-refractivity contribution in [1.82, 2.24) is 9.58 Å². The topological polar surface area (TPSA) is 73.8 Å². The van der Waals surface area contributed by atoms with Crippen molar-refractivity contribution in [3.05, 3.63) is 58.9 Å². The van der Waals surface area contributed by atoms with Crippen LogP contribution in [0.15, 0.2) is 52.1 Å². The summed E-state index contributed by atoms with van der Waals surface area (Å²) in [6.07, 6.45) is 4.71. The van der Waals surface area contributed by atoms with E-state index in [-0.39, 0.29) is 17.3 Å². The Balaban J connectivity index is 1.69. The third-order valence-corrected chi connectivity index (χ3v) is 5.99. The number of para-hydroxylation sites is 1. The molecule has 2 aliphatic rings. The van der Waals surface area contributed by atoms with Gasteiger partial charge < -0.3 is 4.57 Å². The molecular formula is C22H23N5OS. The molecule has 0 unspecified atom stereocenters. The molecular weight excluding hydrogens is 382 g/mol. The number of fused-ring (bicyclic) bond motifs is 1. The maximum atomic E-state index is 12.7. The van der Waals surface area contributed by atoms with E-state index in [4.69, 9.17) is 5.41 Å². The highest BCUT2D eigenvalue weighted by Gasteiger charge is 2.35. The van der Waals surface area contributed by atoms with Gasteiger partial charge in [-0.25, -0.2) is 0 Å². The van der Waals surface area contributed by atoms with Crippen molar-refractivity contribution in [2.45, 2.75) is 40.0 Å². The summed E-state index contributed by atoms with van der Waals surface area (Å²) in [5.74, 6) is -0.297. The van der Waals surface area contributed by atoms with Crippen molar-refractivity contribution in [3.63, 3.8) is 0 Å². The van der Waals surface area contributed by atoms with Crippen molar-refractivity contribution in [2.75, 3.05) is 0 Å². The van der Waals surface area contributed by atoms with Crippen molar-refractivity contribution in [1.29, 1.82) is 5.41 Å². The summed E-state index contributed by atoms with van der Waals surface area (Å²) in [6.45, 7) is 6.18. The van der Waals surface area contributed by atoms with E-state index in [0.717, 1.165) is 46.9 Å². The highest BCUT2D eigenvalue weighted by molar-refractivity contribution is 8.26. The fourth-order valence-corrected chi connectivity index (χ4v) is 4.45. The quantitative estimate of drug-likeness (QED) is 0.719. The van der Waals surface area contributed by atoms with Crippen LogP contribution in [0.2, 0.25) is 0 Å². The van der Waals surface area contributed by atoms with Crippen molar-refractivity contribution in [3.8, 4) is 5.69 Å². The summed E-state index contributed by atoms with van der Waals surface area (Å²) in [7, 11) is 0. The fraction of sp³-hybridized carbons (Fsp3) is 0.273. The molecule has 7 heteroatoms. The van der Waals surface area contributed by atoms with Gasteiger partial charge in [-0.1, -0.05) is 31.5 Å². The van der Waals surface area contributed by atoms with Gasteiger partial charge >= 0.3 is 0 Å². The van der Waals surface area contributed by atoms with Crippen LogP contribution in [0.4, 0.5) is 0 Å². The summed E-state index contributed by atoms with van der Waals surface area (Å²) in [5, 5.41) is 15.9. The molecule has 1 N–H and O–H groups in total. The van der Waals surface area contributed by atoms with E-state index in [0.29, 0.717) is 5.17 Å². The second-order valence-corrected chi connectivity index (χ2v) is 8.16. The van der Waals surface area contributed by atoms with Crippen LogP contribution in [0.3, 0.4) is 0 Å². The molecule has 29 heavy (non-hydrogen) atoms. The molecule has 0 spiro atoms. The van der Waals surface area contributed by atoms with E-state index >= 15 is 0 Å². The number of unbranched alkanes of at least 4 members (excludes halogenated alkanes) is 1. The number of hydrazone groups is 1. The number of carbonyl (C=O) groups excluding carboxylic acids is 1. The zero-order chi connectivity index (χ0) is 20.5. The van der Waals surface area contributed by atoms with Gasteiger partial charge in [-0.05, 0) is 68.3 Å². The Kier molecular flexibility index (Phi) is 5.24. The number of aromatic nitrogens is 1. The lowest BCUT2D eigenvalue weighted by atomic mass is 10.1. The van der Waals surface area contributed by atoms with Crippen LogP contribution in [0.5, 0.6) is 0 Å². The molecule has 6 nitrogen and oxygen atoms in total. The number of rotatable bonds is 5. The number of aliphatic imine (C=N–C) groups is 1. The molecule has 0 radical (unpaired) electrons. The van der Waals surface area contributed by atoms with E-state index in [1.165, 1.54) is 16.8 Å². The van der Waals surface area contributed by atoms with Gasteiger partial charge in [-0.2, -0.15) is 15.1 Å². The fourth-order valence-electron chi connectivity index (χ4n) is 3.52. The monoisotopic (exact) mass is 405 g/mol.